The van der Waals surface area contributed by atoms with Crippen LogP contribution in [0.1, 0.15) is 56.4 Å². The number of carbonyl (C=O) groups excluding carboxylic acids is 2. The lowest BCUT2D eigenvalue weighted by atomic mass is 9.74. The third kappa shape index (κ3) is 4.12. The summed E-state index contributed by atoms with van der Waals surface area (Å²) in [7, 11) is 0. The Bertz CT molecular complexity index is 1040. The quantitative estimate of drug-likeness (QED) is 0.695. The van der Waals surface area contributed by atoms with Crippen molar-refractivity contribution in [2.24, 2.45) is 5.41 Å². The molecule has 3 aliphatic heterocycles. The van der Waals surface area contributed by atoms with Crippen molar-refractivity contribution in [3.05, 3.63) is 36.0 Å². The van der Waals surface area contributed by atoms with Crippen LogP contribution in [0.4, 0.5) is 5.82 Å². The maximum absolute atomic E-state index is 13.2. The van der Waals surface area contributed by atoms with Gasteiger partial charge in [-0.05, 0) is 46.1 Å². The number of nitrogens with one attached hydrogen (secondary N) is 1. The molecule has 8 nitrogen and oxygen atoms in total. The monoisotopic (exact) mass is 451 g/mol. The lowest BCUT2D eigenvalue weighted by molar-refractivity contribution is -0.154. The fourth-order valence-electron chi connectivity index (χ4n) is 5.95. The zero-order valence-corrected chi connectivity index (χ0v) is 19.5. The summed E-state index contributed by atoms with van der Waals surface area (Å²) < 4.78 is 5.68. The first-order valence-electron chi connectivity index (χ1n) is 11.9. The molecule has 3 fully saturated rings. The average molecular weight is 452 g/mol. The standard InChI is InChI=1S/C25H33N5O3/c1-24(2)15-25(23(32)33-24)11-6-12-30(16-25)18-9-13-29(14-10-18)22(31)19-20(26)28-21(27-19)17-7-4-3-5-8-17/h3-5,7-8,18H,6,9-16,26H2,1-2H3,(H,27,28). The van der Waals surface area contributed by atoms with E-state index in [1.165, 1.54) is 0 Å². The van der Waals surface area contributed by atoms with Crippen molar-refractivity contribution in [2.75, 3.05) is 31.9 Å². The van der Waals surface area contributed by atoms with Crippen LogP contribution in [0.15, 0.2) is 30.3 Å². The predicted octanol–water partition coefficient (Wildman–Crippen LogP) is 3.07. The maximum atomic E-state index is 13.2. The highest BCUT2D eigenvalue weighted by Gasteiger charge is 2.54. The van der Waals surface area contributed by atoms with Gasteiger partial charge in [0.25, 0.3) is 5.91 Å². The highest BCUT2D eigenvalue weighted by molar-refractivity contribution is 5.97. The SMILES string of the molecule is CC1(C)CC2(CCCN(C3CCN(C(=O)c4[nH]c(-c5ccccc5)nc4N)CC3)C2)C(=O)O1. The number of nitrogens with two attached hydrogens (primary N) is 1. The fraction of sp³-hybridized carbons (Fsp3) is 0.560. The highest BCUT2D eigenvalue weighted by atomic mass is 16.6. The van der Waals surface area contributed by atoms with Gasteiger partial charge in [-0.15, -0.1) is 0 Å². The Kier molecular flexibility index (Phi) is 5.43. The smallest absolute Gasteiger partial charge is 0.314 e. The van der Waals surface area contributed by atoms with Gasteiger partial charge in [0.05, 0.1) is 5.41 Å². The molecule has 1 amide bonds. The number of likely N-dealkylation sites (tertiary alicyclic amines) is 2. The summed E-state index contributed by atoms with van der Waals surface area (Å²) in [5.74, 6) is 0.711. The number of anilines is 1. The molecule has 3 N–H and O–H groups in total. The number of aromatic amines is 1. The molecule has 33 heavy (non-hydrogen) atoms. The van der Waals surface area contributed by atoms with Crippen molar-refractivity contribution in [1.29, 1.82) is 0 Å². The number of hydrogen-bond acceptors (Lipinski definition) is 6. The zero-order valence-electron chi connectivity index (χ0n) is 19.5. The van der Waals surface area contributed by atoms with Crippen LogP contribution in [0.3, 0.4) is 0 Å². The Morgan fingerprint density at radius 3 is 2.58 bits per heavy atom. The Morgan fingerprint density at radius 2 is 1.91 bits per heavy atom. The van der Waals surface area contributed by atoms with E-state index in [-0.39, 0.29) is 28.7 Å². The second-order valence-corrected chi connectivity index (χ2v) is 10.4. The van der Waals surface area contributed by atoms with Crippen molar-refractivity contribution < 1.29 is 14.3 Å². The number of nitrogens with zero attached hydrogens (tertiary/aromatic N) is 3. The Balaban J connectivity index is 1.22. The topological polar surface area (TPSA) is 105 Å². The Labute approximate surface area is 194 Å². The lowest BCUT2D eigenvalue weighted by Gasteiger charge is -2.44. The van der Waals surface area contributed by atoms with Gasteiger partial charge >= 0.3 is 5.97 Å². The number of aromatic nitrogens is 2. The Morgan fingerprint density at radius 1 is 1.18 bits per heavy atom. The van der Waals surface area contributed by atoms with E-state index in [2.05, 4.69) is 14.9 Å². The average Bonchev–Trinajstić information content (AvgIpc) is 3.30. The first-order chi connectivity index (χ1) is 15.8. The van der Waals surface area contributed by atoms with Crippen LogP contribution in [0.2, 0.25) is 0 Å². The van der Waals surface area contributed by atoms with Crippen molar-refractivity contribution in [3.8, 4) is 11.4 Å². The highest BCUT2D eigenvalue weighted by Crippen LogP contribution is 2.46. The number of rotatable bonds is 3. The summed E-state index contributed by atoms with van der Waals surface area (Å²) >= 11 is 0. The first kappa shape index (κ1) is 21.9. The summed E-state index contributed by atoms with van der Waals surface area (Å²) in [6, 6.07) is 10.0. The van der Waals surface area contributed by atoms with Gasteiger partial charge in [0, 0.05) is 37.7 Å². The number of esters is 1. The van der Waals surface area contributed by atoms with Crippen LogP contribution in [0.5, 0.6) is 0 Å². The van der Waals surface area contributed by atoms with Gasteiger partial charge in [0.15, 0.2) is 5.82 Å². The van der Waals surface area contributed by atoms with E-state index in [0.29, 0.717) is 30.6 Å². The van der Waals surface area contributed by atoms with E-state index < -0.39 is 0 Å². The van der Waals surface area contributed by atoms with Gasteiger partial charge in [-0.2, -0.15) is 0 Å². The minimum atomic E-state index is -0.377. The number of ether oxygens (including phenoxy) is 1. The molecule has 1 unspecified atom stereocenters. The zero-order chi connectivity index (χ0) is 23.2. The summed E-state index contributed by atoms with van der Waals surface area (Å²) in [6.07, 6.45) is 4.48. The molecule has 0 radical (unpaired) electrons. The number of cyclic esters (lactones) is 1. The molecular formula is C25H33N5O3. The van der Waals surface area contributed by atoms with E-state index in [4.69, 9.17) is 10.5 Å². The van der Waals surface area contributed by atoms with Crippen molar-refractivity contribution >= 4 is 17.7 Å². The number of piperidine rings is 2. The number of imidazole rings is 1. The van der Waals surface area contributed by atoms with Crippen LogP contribution < -0.4 is 5.73 Å². The minimum absolute atomic E-state index is 0.0336. The second-order valence-electron chi connectivity index (χ2n) is 10.4. The molecule has 0 saturated carbocycles. The van der Waals surface area contributed by atoms with E-state index in [1.807, 2.05) is 49.1 Å². The van der Waals surface area contributed by atoms with E-state index in [0.717, 1.165) is 50.8 Å². The molecule has 5 rings (SSSR count). The number of carbonyl (C=O) groups is 2. The number of hydrogen-bond donors (Lipinski definition) is 2. The molecule has 8 heteroatoms. The minimum Gasteiger partial charge on any atom is -0.459 e. The molecular weight excluding hydrogens is 418 g/mol. The van der Waals surface area contributed by atoms with Crippen molar-refractivity contribution in [2.45, 2.75) is 57.6 Å². The summed E-state index contributed by atoms with van der Waals surface area (Å²) in [6.45, 7) is 7.12. The molecule has 1 spiro atoms. The van der Waals surface area contributed by atoms with Crippen LogP contribution in [0, 0.1) is 5.41 Å². The van der Waals surface area contributed by atoms with Gasteiger partial charge < -0.3 is 20.4 Å². The van der Waals surface area contributed by atoms with Crippen molar-refractivity contribution in [3.63, 3.8) is 0 Å². The number of amides is 1. The maximum Gasteiger partial charge on any atom is 0.314 e. The van der Waals surface area contributed by atoms with E-state index >= 15 is 0 Å². The Hall–Kier alpha value is -2.87. The van der Waals surface area contributed by atoms with Gasteiger partial charge in [0.1, 0.15) is 17.1 Å². The summed E-state index contributed by atoms with van der Waals surface area (Å²) in [5, 5.41) is 0. The van der Waals surface area contributed by atoms with Crippen molar-refractivity contribution in [1.82, 2.24) is 19.8 Å². The summed E-state index contributed by atoms with van der Waals surface area (Å²) in [5.41, 5.74) is 6.60. The molecule has 0 aliphatic carbocycles. The number of benzene rings is 1. The van der Waals surface area contributed by atoms with Gasteiger partial charge in [-0.1, -0.05) is 30.3 Å². The lowest BCUT2D eigenvalue weighted by Crippen LogP contribution is -2.53. The van der Waals surface area contributed by atoms with Crippen LogP contribution in [-0.2, 0) is 9.53 Å². The number of H-pyrrole nitrogens is 1. The fourth-order valence-corrected chi connectivity index (χ4v) is 5.95. The normalized spacial score (nSPS) is 26.0. The van der Waals surface area contributed by atoms with Gasteiger partial charge in [-0.3, -0.25) is 14.5 Å². The predicted molar refractivity (Wildman–Crippen MR) is 125 cm³/mol. The molecule has 4 heterocycles. The van der Waals surface area contributed by atoms with E-state index in [9.17, 15) is 9.59 Å². The molecule has 2 aromatic rings. The molecule has 1 aromatic carbocycles. The molecule has 0 bridgehead atoms. The molecule has 3 aliphatic rings. The number of nitrogen functional groups attached to an aromatic ring is 1. The summed E-state index contributed by atoms with van der Waals surface area (Å²) in [4.78, 5) is 37.7. The third-order valence-corrected chi connectivity index (χ3v) is 7.43. The second kappa shape index (κ2) is 8.17. The molecule has 3 saturated heterocycles. The van der Waals surface area contributed by atoms with E-state index in [1.54, 1.807) is 0 Å². The first-order valence-corrected chi connectivity index (χ1v) is 11.9. The van der Waals surface area contributed by atoms with Crippen LogP contribution in [0.25, 0.3) is 11.4 Å². The largest absolute Gasteiger partial charge is 0.459 e. The van der Waals surface area contributed by atoms with Gasteiger partial charge in [-0.25, -0.2) is 4.98 Å². The van der Waals surface area contributed by atoms with Crippen LogP contribution in [-0.4, -0.2) is 69.5 Å². The van der Waals surface area contributed by atoms with Gasteiger partial charge in [0.2, 0.25) is 0 Å². The third-order valence-electron chi connectivity index (χ3n) is 7.43. The molecule has 1 aromatic heterocycles. The van der Waals surface area contributed by atoms with Crippen LogP contribution >= 0.6 is 0 Å². The molecule has 1 atom stereocenters. The molecule has 176 valence electrons.